The number of aromatic nitrogens is 6. The lowest BCUT2D eigenvalue weighted by atomic mass is 10.1. The minimum absolute atomic E-state index is 0.401. The number of rotatable bonds is 2. The second-order valence-electron chi connectivity index (χ2n) is 5.24. The van der Waals surface area contributed by atoms with Crippen LogP contribution in [0.2, 0.25) is 0 Å². The zero-order valence-corrected chi connectivity index (χ0v) is 11.5. The lowest BCUT2D eigenvalue weighted by Gasteiger charge is -2.32. The standard InChI is InChI=1S/C13H16N8/c14-10-3-6-21(19-10)9-1-4-20(5-2-9)13-11-12(16-7-15-11)17-8-18-13/h3,6-9H,1-2,4-5H2,(H2,14,19)(H,15,16,17,18). The van der Waals surface area contributed by atoms with E-state index in [1.807, 2.05) is 16.9 Å². The fraction of sp³-hybridized carbons (Fsp3) is 0.385. The number of anilines is 2. The number of nitrogens with one attached hydrogen (secondary N) is 1. The van der Waals surface area contributed by atoms with Crippen LogP contribution in [0.5, 0.6) is 0 Å². The van der Waals surface area contributed by atoms with Crippen LogP contribution >= 0.6 is 0 Å². The number of nitrogens with two attached hydrogens (primary N) is 1. The van der Waals surface area contributed by atoms with Gasteiger partial charge in [0.2, 0.25) is 0 Å². The predicted molar refractivity (Wildman–Crippen MR) is 78.8 cm³/mol. The van der Waals surface area contributed by atoms with E-state index in [0.717, 1.165) is 37.3 Å². The average Bonchev–Trinajstić information content (AvgIpc) is 3.15. The van der Waals surface area contributed by atoms with Crippen LogP contribution in [0, 0.1) is 0 Å². The first-order chi connectivity index (χ1) is 10.3. The summed E-state index contributed by atoms with van der Waals surface area (Å²) >= 11 is 0. The Balaban J connectivity index is 1.53. The second-order valence-corrected chi connectivity index (χ2v) is 5.24. The molecule has 1 fully saturated rings. The Kier molecular flexibility index (Phi) is 2.73. The summed E-state index contributed by atoms with van der Waals surface area (Å²) in [6, 6.07) is 2.24. The largest absolute Gasteiger partial charge is 0.382 e. The summed E-state index contributed by atoms with van der Waals surface area (Å²) in [5.74, 6) is 1.50. The van der Waals surface area contributed by atoms with E-state index in [4.69, 9.17) is 5.73 Å². The van der Waals surface area contributed by atoms with Crippen LogP contribution < -0.4 is 10.6 Å². The van der Waals surface area contributed by atoms with Gasteiger partial charge in [-0.2, -0.15) is 5.10 Å². The van der Waals surface area contributed by atoms with Gasteiger partial charge in [0, 0.05) is 19.3 Å². The molecule has 3 aromatic heterocycles. The van der Waals surface area contributed by atoms with Crippen LogP contribution in [0.1, 0.15) is 18.9 Å². The van der Waals surface area contributed by atoms with E-state index in [-0.39, 0.29) is 0 Å². The molecule has 0 radical (unpaired) electrons. The van der Waals surface area contributed by atoms with E-state index in [9.17, 15) is 0 Å². The summed E-state index contributed by atoms with van der Waals surface area (Å²) in [5, 5.41) is 4.31. The molecule has 0 spiro atoms. The van der Waals surface area contributed by atoms with E-state index in [2.05, 4.69) is 29.9 Å². The van der Waals surface area contributed by atoms with Gasteiger partial charge in [-0.1, -0.05) is 0 Å². The molecule has 0 amide bonds. The van der Waals surface area contributed by atoms with Gasteiger partial charge in [0.05, 0.1) is 12.4 Å². The van der Waals surface area contributed by atoms with Crippen molar-refractivity contribution < 1.29 is 0 Å². The molecule has 1 saturated heterocycles. The molecular weight excluding hydrogens is 268 g/mol. The van der Waals surface area contributed by atoms with Crippen molar-refractivity contribution in [3.63, 3.8) is 0 Å². The molecule has 3 N–H and O–H groups in total. The molecule has 1 aliphatic rings. The number of H-pyrrole nitrogens is 1. The first-order valence-electron chi connectivity index (χ1n) is 7.01. The van der Waals surface area contributed by atoms with E-state index < -0.39 is 0 Å². The number of fused-ring (bicyclic) bond motifs is 1. The molecule has 0 bridgehead atoms. The van der Waals surface area contributed by atoms with Gasteiger partial charge in [-0.05, 0) is 18.9 Å². The Morgan fingerprint density at radius 3 is 2.81 bits per heavy atom. The summed E-state index contributed by atoms with van der Waals surface area (Å²) in [7, 11) is 0. The Morgan fingerprint density at radius 2 is 2.05 bits per heavy atom. The smallest absolute Gasteiger partial charge is 0.182 e. The summed E-state index contributed by atoms with van der Waals surface area (Å²) in [4.78, 5) is 18.1. The van der Waals surface area contributed by atoms with Crippen LogP contribution in [-0.4, -0.2) is 42.8 Å². The van der Waals surface area contributed by atoms with Gasteiger partial charge >= 0.3 is 0 Å². The van der Waals surface area contributed by atoms with E-state index in [0.29, 0.717) is 17.5 Å². The van der Waals surface area contributed by atoms with Crippen molar-refractivity contribution >= 4 is 22.8 Å². The quantitative estimate of drug-likeness (QED) is 0.727. The van der Waals surface area contributed by atoms with Gasteiger partial charge in [-0.15, -0.1) is 0 Å². The maximum Gasteiger partial charge on any atom is 0.182 e. The fourth-order valence-corrected chi connectivity index (χ4v) is 2.89. The van der Waals surface area contributed by atoms with Gasteiger partial charge in [0.25, 0.3) is 0 Å². The summed E-state index contributed by atoms with van der Waals surface area (Å²) in [6.45, 7) is 1.85. The molecule has 0 atom stereocenters. The molecule has 0 saturated carbocycles. The van der Waals surface area contributed by atoms with Crippen LogP contribution in [-0.2, 0) is 0 Å². The third-order valence-corrected chi connectivity index (χ3v) is 3.97. The van der Waals surface area contributed by atoms with Crippen molar-refractivity contribution in [2.75, 3.05) is 23.7 Å². The molecular formula is C13H16N8. The van der Waals surface area contributed by atoms with Crippen LogP contribution in [0.3, 0.4) is 0 Å². The highest BCUT2D eigenvalue weighted by molar-refractivity contribution is 5.82. The first-order valence-corrected chi connectivity index (χ1v) is 7.01. The highest BCUT2D eigenvalue weighted by Crippen LogP contribution is 2.27. The normalized spacial score (nSPS) is 16.7. The number of imidazole rings is 1. The Morgan fingerprint density at radius 1 is 1.19 bits per heavy atom. The molecule has 8 nitrogen and oxygen atoms in total. The Bertz CT molecular complexity index is 752. The maximum atomic E-state index is 5.68. The monoisotopic (exact) mass is 284 g/mol. The second kappa shape index (κ2) is 4.72. The van der Waals surface area contributed by atoms with Crippen LogP contribution in [0.15, 0.2) is 24.9 Å². The van der Waals surface area contributed by atoms with Crippen molar-refractivity contribution in [1.29, 1.82) is 0 Å². The van der Waals surface area contributed by atoms with Gasteiger partial charge in [-0.25, -0.2) is 15.0 Å². The molecule has 8 heteroatoms. The Hall–Kier alpha value is -2.64. The minimum atomic E-state index is 0.401. The molecule has 4 heterocycles. The highest BCUT2D eigenvalue weighted by Gasteiger charge is 2.23. The van der Waals surface area contributed by atoms with Crippen LogP contribution in [0.25, 0.3) is 11.2 Å². The summed E-state index contributed by atoms with van der Waals surface area (Å²) in [5.41, 5.74) is 7.30. The van der Waals surface area contributed by atoms with Gasteiger partial charge in [0.1, 0.15) is 17.7 Å². The topological polar surface area (TPSA) is 102 Å². The van der Waals surface area contributed by atoms with E-state index >= 15 is 0 Å². The lowest BCUT2D eigenvalue weighted by molar-refractivity contribution is 0.367. The number of hydrogen-bond acceptors (Lipinski definition) is 6. The van der Waals surface area contributed by atoms with Gasteiger partial charge in [0.15, 0.2) is 11.5 Å². The number of nitrogens with zero attached hydrogens (tertiary/aromatic N) is 6. The SMILES string of the molecule is Nc1ccn(C2CCN(c3ncnc4nc[nH]c34)CC2)n1. The number of aromatic amines is 1. The number of piperidine rings is 1. The molecule has 3 aromatic rings. The van der Waals surface area contributed by atoms with Crippen molar-refractivity contribution in [3.05, 3.63) is 24.9 Å². The van der Waals surface area contributed by atoms with Crippen molar-refractivity contribution in [2.24, 2.45) is 0 Å². The maximum absolute atomic E-state index is 5.68. The molecule has 0 unspecified atom stereocenters. The molecule has 0 aromatic carbocycles. The molecule has 21 heavy (non-hydrogen) atoms. The lowest BCUT2D eigenvalue weighted by Crippen LogP contribution is -2.35. The predicted octanol–water partition coefficient (Wildman–Crippen LogP) is 0.973. The minimum Gasteiger partial charge on any atom is -0.382 e. The van der Waals surface area contributed by atoms with Gasteiger partial charge < -0.3 is 15.6 Å². The summed E-state index contributed by atoms with van der Waals surface area (Å²) < 4.78 is 1.97. The third-order valence-electron chi connectivity index (χ3n) is 3.97. The van der Waals surface area contributed by atoms with E-state index in [1.165, 1.54) is 0 Å². The number of hydrogen-bond donors (Lipinski definition) is 2. The van der Waals surface area contributed by atoms with Crippen molar-refractivity contribution in [2.45, 2.75) is 18.9 Å². The fourth-order valence-electron chi connectivity index (χ4n) is 2.89. The average molecular weight is 284 g/mol. The zero-order chi connectivity index (χ0) is 14.2. The number of nitrogen functional groups attached to an aromatic ring is 1. The molecule has 108 valence electrons. The van der Waals surface area contributed by atoms with Gasteiger partial charge in [-0.3, -0.25) is 4.68 Å². The third kappa shape index (κ3) is 2.08. The summed E-state index contributed by atoms with van der Waals surface area (Å²) in [6.07, 6.45) is 7.20. The Labute approximate surface area is 121 Å². The first kappa shape index (κ1) is 12.1. The molecule has 1 aliphatic heterocycles. The van der Waals surface area contributed by atoms with Crippen LogP contribution in [0.4, 0.5) is 11.6 Å². The van der Waals surface area contributed by atoms with Crippen molar-refractivity contribution in [1.82, 2.24) is 29.7 Å². The van der Waals surface area contributed by atoms with E-state index in [1.54, 1.807) is 12.7 Å². The zero-order valence-electron chi connectivity index (χ0n) is 11.5. The van der Waals surface area contributed by atoms with Crippen molar-refractivity contribution in [3.8, 4) is 0 Å². The molecule has 4 rings (SSSR count). The highest BCUT2D eigenvalue weighted by atomic mass is 15.3. The molecule has 0 aliphatic carbocycles.